The average molecular weight is 370 g/mol. The molecule has 25 heavy (non-hydrogen) atoms. The fraction of sp³-hybridized carbons (Fsp3) is 0.588. The fourth-order valence-electron chi connectivity index (χ4n) is 3.76. The number of methoxy groups -OCH3 is 1. The number of hydrogen-bond acceptors (Lipinski definition) is 4. The number of halogens is 1. The molecule has 0 N–H and O–H groups in total. The van der Waals surface area contributed by atoms with Crippen LogP contribution in [0, 0.1) is 11.2 Å². The Balaban J connectivity index is 1.79. The Morgan fingerprint density at radius 2 is 2.08 bits per heavy atom. The summed E-state index contributed by atoms with van der Waals surface area (Å²) < 4.78 is 45.4. The van der Waals surface area contributed by atoms with Gasteiger partial charge in [0.05, 0.1) is 16.9 Å². The first kappa shape index (κ1) is 18.3. The largest absolute Gasteiger partial charge is 0.383 e. The zero-order chi connectivity index (χ0) is 18.1. The fourth-order valence-corrected chi connectivity index (χ4v) is 5.32. The van der Waals surface area contributed by atoms with Crippen LogP contribution in [0.4, 0.5) is 4.39 Å². The van der Waals surface area contributed by atoms with Crippen molar-refractivity contribution in [2.75, 3.05) is 39.9 Å². The molecular formula is C17H23FN2O4S. The molecule has 0 radical (unpaired) electrons. The SMILES string of the molecule is COCCN1CCC[C@@]2(CCN(S(=O)(=O)c3cccc(F)c3)C2)C1=O. The van der Waals surface area contributed by atoms with Gasteiger partial charge in [-0.2, -0.15) is 4.31 Å². The highest BCUT2D eigenvalue weighted by molar-refractivity contribution is 7.89. The van der Waals surface area contributed by atoms with Gasteiger partial charge in [0.25, 0.3) is 0 Å². The van der Waals surface area contributed by atoms with Crippen molar-refractivity contribution in [2.45, 2.75) is 24.2 Å². The summed E-state index contributed by atoms with van der Waals surface area (Å²) in [6.45, 7) is 2.11. The highest BCUT2D eigenvalue weighted by Gasteiger charge is 2.50. The van der Waals surface area contributed by atoms with E-state index in [1.54, 1.807) is 12.0 Å². The van der Waals surface area contributed by atoms with Crippen LogP contribution >= 0.6 is 0 Å². The topological polar surface area (TPSA) is 66.9 Å². The Hall–Kier alpha value is -1.51. The lowest BCUT2D eigenvalue weighted by Crippen LogP contribution is -2.51. The minimum absolute atomic E-state index is 0.00717. The van der Waals surface area contributed by atoms with Gasteiger partial charge in [0.1, 0.15) is 5.82 Å². The van der Waals surface area contributed by atoms with Crippen molar-refractivity contribution in [3.8, 4) is 0 Å². The van der Waals surface area contributed by atoms with E-state index in [1.165, 1.54) is 22.5 Å². The third kappa shape index (κ3) is 3.43. The van der Waals surface area contributed by atoms with Gasteiger partial charge < -0.3 is 9.64 Å². The van der Waals surface area contributed by atoms with Gasteiger partial charge >= 0.3 is 0 Å². The van der Waals surface area contributed by atoms with E-state index in [-0.39, 0.29) is 23.9 Å². The molecule has 1 atom stereocenters. The average Bonchev–Trinajstić information content (AvgIpc) is 3.02. The second kappa shape index (κ2) is 7.01. The number of piperidine rings is 1. The maximum Gasteiger partial charge on any atom is 0.243 e. The number of rotatable bonds is 5. The lowest BCUT2D eigenvalue weighted by atomic mass is 9.78. The molecule has 2 fully saturated rings. The van der Waals surface area contributed by atoms with Gasteiger partial charge in [-0.1, -0.05) is 6.07 Å². The minimum Gasteiger partial charge on any atom is -0.383 e. The number of carbonyl (C=O) groups is 1. The lowest BCUT2D eigenvalue weighted by Gasteiger charge is -2.39. The molecule has 3 rings (SSSR count). The Bertz CT molecular complexity index is 755. The Morgan fingerprint density at radius 1 is 1.28 bits per heavy atom. The number of nitrogens with zero attached hydrogens (tertiary/aromatic N) is 2. The molecule has 0 aromatic heterocycles. The summed E-state index contributed by atoms with van der Waals surface area (Å²) in [5.74, 6) is -0.581. The van der Waals surface area contributed by atoms with Gasteiger partial charge in [0.15, 0.2) is 0 Å². The van der Waals surface area contributed by atoms with Gasteiger partial charge in [0.2, 0.25) is 15.9 Å². The molecule has 0 aliphatic carbocycles. The summed E-state index contributed by atoms with van der Waals surface area (Å²) in [4.78, 5) is 14.6. The minimum atomic E-state index is -3.80. The predicted molar refractivity (Wildman–Crippen MR) is 89.9 cm³/mol. The summed E-state index contributed by atoms with van der Waals surface area (Å²) in [6, 6.07) is 5.00. The summed E-state index contributed by atoms with van der Waals surface area (Å²) in [7, 11) is -2.21. The van der Waals surface area contributed by atoms with Crippen molar-refractivity contribution in [1.82, 2.24) is 9.21 Å². The van der Waals surface area contributed by atoms with E-state index in [0.717, 1.165) is 12.5 Å². The molecular weight excluding hydrogens is 347 g/mol. The van der Waals surface area contributed by atoms with Crippen molar-refractivity contribution < 1.29 is 22.3 Å². The first-order valence-electron chi connectivity index (χ1n) is 8.43. The van der Waals surface area contributed by atoms with E-state index in [2.05, 4.69) is 0 Å². The molecule has 1 spiro atoms. The highest BCUT2D eigenvalue weighted by Crippen LogP contribution is 2.41. The summed E-state index contributed by atoms with van der Waals surface area (Å²) in [6.07, 6.45) is 2.04. The molecule has 0 unspecified atom stereocenters. The predicted octanol–water partition coefficient (Wildman–Crippen LogP) is 1.48. The van der Waals surface area contributed by atoms with Crippen molar-refractivity contribution in [3.63, 3.8) is 0 Å². The zero-order valence-corrected chi connectivity index (χ0v) is 15.1. The van der Waals surface area contributed by atoms with Crippen LogP contribution < -0.4 is 0 Å². The number of likely N-dealkylation sites (tertiary alicyclic amines) is 1. The molecule has 0 bridgehead atoms. The van der Waals surface area contributed by atoms with Gasteiger partial charge in [-0.3, -0.25) is 4.79 Å². The van der Waals surface area contributed by atoms with E-state index >= 15 is 0 Å². The van der Waals surface area contributed by atoms with Crippen molar-refractivity contribution in [1.29, 1.82) is 0 Å². The van der Waals surface area contributed by atoms with Crippen LogP contribution in [0.2, 0.25) is 0 Å². The first-order chi connectivity index (χ1) is 11.9. The standard InChI is InChI=1S/C17H23FN2O4S/c1-24-11-10-19-8-3-6-17(16(19)21)7-9-20(13-17)25(22,23)15-5-2-4-14(18)12-15/h2,4-5,12H,3,6-11,13H2,1H3/t17-/m0/s1. The molecule has 138 valence electrons. The highest BCUT2D eigenvalue weighted by atomic mass is 32.2. The first-order valence-corrected chi connectivity index (χ1v) is 9.87. The Morgan fingerprint density at radius 3 is 2.80 bits per heavy atom. The van der Waals surface area contributed by atoms with Crippen LogP contribution in [-0.2, 0) is 19.6 Å². The van der Waals surface area contributed by atoms with E-state index in [4.69, 9.17) is 4.74 Å². The zero-order valence-electron chi connectivity index (χ0n) is 14.3. The third-order valence-electron chi connectivity index (χ3n) is 5.14. The van der Waals surface area contributed by atoms with Gasteiger partial charge in [-0.05, 0) is 37.5 Å². The van der Waals surface area contributed by atoms with Gasteiger partial charge in [-0.25, -0.2) is 12.8 Å². The second-order valence-corrected chi connectivity index (χ2v) is 8.65. The van der Waals surface area contributed by atoms with Crippen LogP contribution in [0.1, 0.15) is 19.3 Å². The van der Waals surface area contributed by atoms with Crippen molar-refractivity contribution >= 4 is 15.9 Å². The summed E-state index contributed by atoms with van der Waals surface area (Å²) in [5, 5.41) is 0. The van der Waals surface area contributed by atoms with Gasteiger partial charge in [0, 0.05) is 33.3 Å². The quantitative estimate of drug-likeness (QED) is 0.787. The van der Waals surface area contributed by atoms with E-state index in [9.17, 15) is 17.6 Å². The maximum atomic E-state index is 13.4. The third-order valence-corrected chi connectivity index (χ3v) is 6.98. The Labute approximate surface area is 147 Å². The number of hydrogen-bond donors (Lipinski definition) is 0. The van der Waals surface area contributed by atoms with E-state index < -0.39 is 21.3 Å². The molecule has 1 amide bonds. The van der Waals surface area contributed by atoms with Crippen LogP contribution in [-0.4, -0.2) is 63.4 Å². The van der Waals surface area contributed by atoms with Crippen LogP contribution in [0.3, 0.4) is 0 Å². The van der Waals surface area contributed by atoms with Gasteiger partial charge in [-0.15, -0.1) is 0 Å². The number of carbonyl (C=O) groups excluding carboxylic acids is 1. The van der Waals surface area contributed by atoms with Crippen molar-refractivity contribution in [2.24, 2.45) is 5.41 Å². The Kier molecular flexibility index (Phi) is 5.13. The van der Waals surface area contributed by atoms with Crippen LogP contribution in [0.15, 0.2) is 29.2 Å². The number of benzene rings is 1. The summed E-state index contributed by atoms with van der Waals surface area (Å²) >= 11 is 0. The second-order valence-electron chi connectivity index (χ2n) is 6.71. The summed E-state index contributed by atoms with van der Waals surface area (Å²) in [5.41, 5.74) is -0.660. The monoisotopic (exact) mass is 370 g/mol. The smallest absolute Gasteiger partial charge is 0.243 e. The molecule has 2 aliphatic heterocycles. The van der Waals surface area contributed by atoms with Crippen molar-refractivity contribution in [3.05, 3.63) is 30.1 Å². The van der Waals surface area contributed by atoms with Crippen LogP contribution in [0.5, 0.6) is 0 Å². The number of amides is 1. The normalized spacial score (nSPS) is 25.0. The molecule has 2 aliphatic rings. The van der Waals surface area contributed by atoms with Crippen LogP contribution in [0.25, 0.3) is 0 Å². The molecule has 1 aromatic carbocycles. The van der Waals surface area contributed by atoms with E-state index in [0.29, 0.717) is 32.5 Å². The number of ether oxygens (including phenoxy) is 1. The van der Waals surface area contributed by atoms with E-state index in [1.807, 2.05) is 0 Å². The maximum absolute atomic E-state index is 13.4. The lowest BCUT2D eigenvalue weighted by molar-refractivity contribution is -0.146. The molecule has 0 saturated carbocycles. The molecule has 2 saturated heterocycles. The molecule has 2 heterocycles. The molecule has 8 heteroatoms. The number of sulfonamides is 1. The molecule has 6 nitrogen and oxygen atoms in total. The molecule has 1 aromatic rings.